The molecule has 18 N–H and O–H groups in total. The van der Waals surface area contributed by atoms with E-state index in [4.69, 9.17) is 34.4 Å². The van der Waals surface area contributed by atoms with Crippen LogP contribution in [0.3, 0.4) is 0 Å². The van der Waals surface area contributed by atoms with Crippen molar-refractivity contribution in [3.05, 3.63) is 29.8 Å². The van der Waals surface area contributed by atoms with E-state index in [1.54, 1.807) is 6.92 Å². The zero-order valence-corrected chi connectivity index (χ0v) is 39.1. The number of nitrogens with two attached hydrogens (primary N) is 6. The summed E-state index contributed by atoms with van der Waals surface area (Å²) in [6.07, 6.45) is 2.68. The molecule has 1 fully saturated rings. The molecule has 8 amide bonds. The molecule has 67 heavy (non-hydrogen) atoms. The smallest absolute Gasteiger partial charge is 0.245 e. The maximum absolute atomic E-state index is 14.4. The van der Waals surface area contributed by atoms with Gasteiger partial charge in [-0.25, -0.2) is 0 Å². The number of aliphatic imine (C=N–C) groups is 2. The maximum Gasteiger partial charge on any atom is 0.245 e. The average molecular weight is 944 g/mol. The van der Waals surface area contributed by atoms with Gasteiger partial charge < -0.3 is 75.9 Å². The van der Waals surface area contributed by atoms with Gasteiger partial charge in [-0.1, -0.05) is 32.9 Å². The minimum atomic E-state index is -1.33. The number of benzene rings is 1. The van der Waals surface area contributed by atoms with Gasteiger partial charge in [0.15, 0.2) is 11.9 Å². The lowest BCUT2D eigenvalue weighted by molar-refractivity contribution is -0.144. The number of hydrogen-bond acceptors (Lipinski definition) is 12. The molecule has 0 bridgehead atoms. The molecule has 0 spiro atoms. The number of carbonyl (C=O) groups excluding carboxylic acids is 8. The van der Waals surface area contributed by atoms with Crippen molar-refractivity contribution in [1.29, 1.82) is 0 Å². The molecular weight excluding hydrogens is 871 g/mol. The summed E-state index contributed by atoms with van der Waals surface area (Å²) in [5.74, 6) is -5.42. The zero-order valence-electron chi connectivity index (χ0n) is 39.1. The Labute approximate surface area is 391 Å². The SMILES string of the molecule is CCCN(CC(=O)N[C@@H](Cc1ccc(O)cc1)C(=O)N[C@@H](CN)C(=O)N[C@@H](CCC(C)C)C(N)=O)C(=O)[C@H](CCCN=C(N)N)NC(=O)[C@@H]1CCCN1C(=O)[C@H](CCCN=C(N)N)NC(C)=O. The van der Waals surface area contributed by atoms with E-state index in [1.165, 1.54) is 41.0 Å². The van der Waals surface area contributed by atoms with Crippen molar-refractivity contribution < 1.29 is 43.5 Å². The molecule has 24 heteroatoms. The molecule has 0 saturated carbocycles. The third-order valence-corrected chi connectivity index (χ3v) is 10.7. The normalized spacial score (nSPS) is 15.4. The Kier molecular flexibility index (Phi) is 24.4. The van der Waals surface area contributed by atoms with Crippen LogP contribution in [0.4, 0.5) is 0 Å². The summed E-state index contributed by atoms with van der Waals surface area (Å²) in [5, 5.41) is 23.1. The number of aromatic hydroxyl groups is 1. The highest BCUT2D eigenvalue weighted by Gasteiger charge is 2.39. The van der Waals surface area contributed by atoms with Gasteiger partial charge in [0.25, 0.3) is 0 Å². The van der Waals surface area contributed by atoms with E-state index < -0.39 is 90.1 Å². The molecule has 6 atom stereocenters. The van der Waals surface area contributed by atoms with Crippen molar-refractivity contribution in [3.63, 3.8) is 0 Å². The minimum absolute atomic E-state index is 0.0334. The summed E-state index contributed by atoms with van der Waals surface area (Å²) in [5.41, 5.74) is 33.8. The first-order chi connectivity index (χ1) is 31.7. The number of primary amides is 1. The van der Waals surface area contributed by atoms with E-state index in [9.17, 15) is 43.5 Å². The molecule has 24 nitrogen and oxygen atoms in total. The highest BCUT2D eigenvalue weighted by molar-refractivity contribution is 5.97. The average Bonchev–Trinajstić information content (AvgIpc) is 3.76. The Morgan fingerprint density at radius 2 is 1.34 bits per heavy atom. The molecule has 1 heterocycles. The molecule has 1 aliphatic heterocycles. The first-order valence-electron chi connectivity index (χ1n) is 22.6. The highest BCUT2D eigenvalue weighted by Crippen LogP contribution is 2.21. The molecular formula is C43H73N15O9. The summed E-state index contributed by atoms with van der Waals surface area (Å²) >= 11 is 0. The van der Waals surface area contributed by atoms with E-state index >= 15 is 0 Å². The number of nitrogens with one attached hydrogen (secondary N) is 5. The topological polar surface area (TPSA) is 404 Å². The number of likely N-dealkylation sites (tertiary alicyclic amines) is 1. The van der Waals surface area contributed by atoms with Gasteiger partial charge in [-0.3, -0.25) is 48.3 Å². The Bertz CT molecular complexity index is 1890. The lowest BCUT2D eigenvalue weighted by Crippen LogP contribution is -2.59. The maximum atomic E-state index is 14.4. The summed E-state index contributed by atoms with van der Waals surface area (Å²) in [6.45, 7) is 6.61. The Hall–Kier alpha value is -6.72. The fraction of sp³-hybridized carbons (Fsp3) is 0.628. The first-order valence-corrected chi connectivity index (χ1v) is 22.6. The van der Waals surface area contributed by atoms with Crippen LogP contribution in [0.25, 0.3) is 0 Å². The quantitative estimate of drug-likeness (QED) is 0.0212. The van der Waals surface area contributed by atoms with Crippen molar-refractivity contribution in [2.75, 3.05) is 39.3 Å². The van der Waals surface area contributed by atoms with Crippen LogP contribution in [0.2, 0.25) is 0 Å². The second-order valence-electron chi connectivity index (χ2n) is 16.9. The van der Waals surface area contributed by atoms with Gasteiger partial charge in [0.2, 0.25) is 47.3 Å². The van der Waals surface area contributed by atoms with E-state index in [1.807, 2.05) is 13.8 Å². The summed E-state index contributed by atoms with van der Waals surface area (Å²) in [7, 11) is 0. The third kappa shape index (κ3) is 20.6. The minimum Gasteiger partial charge on any atom is -0.508 e. The second kappa shape index (κ2) is 29.0. The van der Waals surface area contributed by atoms with Crippen LogP contribution in [0.15, 0.2) is 34.3 Å². The molecule has 0 aliphatic carbocycles. The molecule has 1 aromatic rings. The van der Waals surface area contributed by atoms with Gasteiger partial charge in [-0.2, -0.15) is 0 Å². The standard InChI is InChI=1S/C43H73N15O9/c1-5-20-57(24-35(61)53-32(22-27-13-15-28(60)16-14-27)37(63)56-33(23-44)38(64)54-29(36(45)62)17-12-25(2)3)40(66)30(9-6-18-50-42(46)47)55-39(65)34-11-8-21-58(34)41(67)31(52-26(4)59)10-7-19-51-43(48)49/h13-16,25,29-34,60H,5-12,17-24,44H2,1-4H3,(H2,45,62)(H,52,59)(H,53,61)(H,54,64)(H,55,65)(H,56,63)(H4,46,47,50)(H4,48,49,51)/t29-,30-,31-,32-,33-,34-/m0/s1. The number of guanidine groups is 2. The molecule has 1 saturated heterocycles. The third-order valence-electron chi connectivity index (χ3n) is 10.7. The van der Waals surface area contributed by atoms with Gasteiger partial charge >= 0.3 is 0 Å². The molecule has 2 rings (SSSR count). The number of carbonyl (C=O) groups is 8. The van der Waals surface area contributed by atoms with Crippen LogP contribution in [-0.4, -0.2) is 150 Å². The fourth-order valence-corrected chi connectivity index (χ4v) is 7.35. The lowest BCUT2D eigenvalue weighted by atomic mass is 10.0. The summed E-state index contributed by atoms with van der Waals surface area (Å²) in [4.78, 5) is 118. The number of hydrogen-bond donors (Lipinski definition) is 12. The molecule has 0 unspecified atom stereocenters. The lowest BCUT2D eigenvalue weighted by Gasteiger charge is -2.31. The molecule has 0 radical (unpaired) electrons. The first kappa shape index (κ1) is 56.4. The van der Waals surface area contributed by atoms with Crippen molar-refractivity contribution >= 4 is 59.2 Å². The monoisotopic (exact) mass is 944 g/mol. The fourth-order valence-electron chi connectivity index (χ4n) is 7.35. The van der Waals surface area contributed by atoms with Crippen LogP contribution in [-0.2, 0) is 44.8 Å². The predicted molar refractivity (Wildman–Crippen MR) is 251 cm³/mol. The molecule has 0 aromatic heterocycles. The zero-order chi connectivity index (χ0) is 50.2. The van der Waals surface area contributed by atoms with Crippen LogP contribution < -0.4 is 61.0 Å². The van der Waals surface area contributed by atoms with Crippen LogP contribution >= 0.6 is 0 Å². The van der Waals surface area contributed by atoms with Crippen molar-refractivity contribution in [3.8, 4) is 5.75 Å². The highest BCUT2D eigenvalue weighted by atomic mass is 16.3. The summed E-state index contributed by atoms with van der Waals surface area (Å²) in [6, 6.07) is -0.981. The van der Waals surface area contributed by atoms with Crippen molar-refractivity contribution in [1.82, 2.24) is 36.4 Å². The number of amides is 8. The van der Waals surface area contributed by atoms with Crippen LogP contribution in [0.1, 0.15) is 91.0 Å². The second-order valence-corrected chi connectivity index (χ2v) is 16.9. The molecule has 374 valence electrons. The Balaban J connectivity index is 2.37. The Morgan fingerprint density at radius 3 is 1.88 bits per heavy atom. The molecule has 1 aliphatic rings. The van der Waals surface area contributed by atoms with Gasteiger partial charge in [-0.05, 0) is 81.4 Å². The summed E-state index contributed by atoms with van der Waals surface area (Å²) < 4.78 is 0. The van der Waals surface area contributed by atoms with Gasteiger partial charge in [0, 0.05) is 46.1 Å². The van der Waals surface area contributed by atoms with E-state index in [-0.39, 0.29) is 94.8 Å². The number of nitrogens with zero attached hydrogens (tertiary/aromatic N) is 4. The van der Waals surface area contributed by atoms with Crippen LogP contribution in [0, 0.1) is 5.92 Å². The van der Waals surface area contributed by atoms with E-state index in [0.29, 0.717) is 31.2 Å². The van der Waals surface area contributed by atoms with Crippen molar-refractivity contribution in [2.45, 2.75) is 128 Å². The molecule has 1 aromatic carbocycles. The van der Waals surface area contributed by atoms with Crippen LogP contribution in [0.5, 0.6) is 5.75 Å². The van der Waals surface area contributed by atoms with Gasteiger partial charge in [-0.15, -0.1) is 0 Å². The van der Waals surface area contributed by atoms with E-state index in [0.717, 1.165) is 0 Å². The largest absolute Gasteiger partial charge is 0.508 e. The number of rotatable bonds is 29. The predicted octanol–water partition coefficient (Wildman–Crippen LogP) is -3.40. The van der Waals surface area contributed by atoms with Gasteiger partial charge in [0.1, 0.15) is 42.0 Å². The number of phenolic OH excluding ortho intramolecular Hbond substituents is 1. The Morgan fingerprint density at radius 1 is 0.761 bits per heavy atom. The van der Waals surface area contributed by atoms with Crippen molar-refractivity contribution in [2.24, 2.45) is 50.3 Å². The van der Waals surface area contributed by atoms with Gasteiger partial charge in [0.05, 0.1) is 6.54 Å². The number of phenols is 1. The van der Waals surface area contributed by atoms with E-state index in [2.05, 4.69) is 36.6 Å².